The second-order valence-electron chi connectivity index (χ2n) is 5.60. The fourth-order valence-corrected chi connectivity index (χ4v) is 3.10. The summed E-state index contributed by atoms with van der Waals surface area (Å²) in [4.78, 5) is 0. The number of rotatable bonds is 2. The summed E-state index contributed by atoms with van der Waals surface area (Å²) in [6.45, 7) is 0. The molecule has 1 N–H and O–H groups in total. The van der Waals surface area contributed by atoms with E-state index in [4.69, 9.17) is 4.74 Å². The molecule has 4 rings (SSSR count). The van der Waals surface area contributed by atoms with Crippen LogP contribution in [0.3, 0.4) is 0 Å². The zero-order valence-electron chi connectivity index (χ0n) is 12.8. The van der Waals surface area contributed by atoms with Gasteiger partial charge in [-0.15, -0.1) is 0 Å². The topological polar surface area (TPSA) is 29.5 Å². The predicted molar refractivity (Wildman–Crippen MR) is 95.1 cm³/mol. The van der Waals surface area contributed by atoms with Gasteiger partial charge in [0.05, 0.1) is 7.11 Å². The van der Waals surface area contributed by atoms with Crippen LogP contribution in [0.4, 0.5) is 0 Å². The van der Waals surface area contributed by atoms with E-state index >= 15 is 0 Å². The molecule has 2 nitrogen and oxygen atoms in total. The number of phenolic OH excluding ortho intramolecular Hbond substituents is 1. The molecule has 0 aliphatic heterocycles. The van der Waals surface area contributed by atoms with Crippen molar-refractivity contribution in [3.05, 3.63) is 72.8 Å². The molecular weight excluding hydrogens is 284 g/mol. The first kappa shape index (κ1) is 13.6. The summed E-state index contributed by atoms with van der Waals surface area (Å²) in [5, 5.41) is 14.5. The van der Waals surface area contributed by atoms with Gasteiger partial charge in [-0.25, -0.2) is 0 Å². The summed E-state index contributed by atoms with van der Waals surface area (Å²) in [5.41, 5.74) is 2.21. The second-order valence-corrected chi connectivity index (χ2v) is 5.60. The molecule has 23 heavy (non-hydrogen) atoms. The highest BCUT2D eigenvalue weighted by molar-refractivity contribution is 6.14. The standard InChI is InChI=1S/C21H16O2/c1-23-17-9-6-14(7-10-17)20-12-15-4-2-3-5-18(15)19-11-8-16(22)13-21(19)20/h2-13,22H,1H3. The lowest BCUT2D eigenvalue weighted by Crippen LogP contribution is -1.86. The zero-order chi connectivity index (χ0) is 15.8. The Labute approximate surface area is 134 Å². The normalized spacial score (nSPS) is 11.0. The summed E-state index contributed by atoms with van der Waals surface area (Å²) in [6, 6.07) is 24.1. The van der Waals surface area contributed by atoms with E-state index in [1.165, 1.54) is 10.8 Å². The molecular formula is C21H16O2. The van der Waals surface area contributed by atoms with Crippen LogP contribution in [0.25, 0.3) is 32.7 Å². The maximum Gasteiger partial charge on any atom is 0.118 e. The molecule has 4 aromatic rings. The number of hydrogen-bond donors (Lipinski definition) is 1. The summed E-state index contributed by atoms with van der Waals surface area (Å²) in [5.74, 6) is 1.12. The van der Waals surface area contributed by atoms with E-state index in [0.717, 1.165) is 27.6 Å². The molecule has 0 atom stereocenters. The van der Waals surface area contributed by atoms with E-state index in [9.17, 15) is 5.11 Å². The number of fused-ring (bicyclic) bond motifs is 3. The van der Waals surface area contributed by atoms with Crippen LogP contribution in [0.5, 0.6) is 11.5 Å². The molecule has 0 unspecified atom stereocenters. The molecule has 0 amide bonds. The number of ether oxygens (including phenoxy) is 1. The van der Waals surface area contributed by atoms with Crippen molar-refractivity contribution in [2.24, 2.45) is 0 Å². The van der Waals surface area contributed by atoms with Gasteiger partial charge in [-0.3, -0.25) is 0 Å². The van der Waals surface area contributed by atoms with Crippen molar-refractivity contribution in [3.8, 4) is 22.6 Å². The van der Waals surface area contributed by atoms with Crippen LogP contribution in [-0.2, 0) is 0 Å². The van der Waals surface area contributed by atoms with E-state index in [2.05, 4.69) is 18.2 Å². The molecule has 0 fully saturated rings. The SMILES string of the molecule is COc1ccc(-c2cc3ccccc3c3ccc(O)cc23)cc1. The van der Waals surface area contributed by atoms with Gasteiger partial charge in [0.2, 0.25) is 0 Å². The first-order chi connectivity index (χ1) is 11.3. The highest BCUT2D eigenvalue weighted by Crippen LogP contribution is 2.36. The molecule has 4 aromatic carbocycles. The molecule has 0 bridgehead atoms. The minimum atomic E-state index is 0.280. The van der Waals surface area contributed by atoms with Crippen LogP contribution < -0.4 is 4.74 Å². The molecule has 112 valence electrons. The van der Waals surface area contributed by atoms with E-state index in [-0.39, 0.29) is 5.75 Å². The first-order valence-corrected chi connectivity index (χ1v) is 7.55. The number of phenols is 1. The monoisotopic (exact) mass is 300 g/mol. The largest absolute Gasteiger partial charge is 0.508 e. The van der Waals surface area contributed by atoms with Crippen molar-refractivity contribution < 1.29 is 9.84 Å². The van der Waals surface area contributed by atoms with E-state index in [0.29, 0.717) is 0 Å². The molecule has 2 heteroatoms. The van der Waals surface area contributed by atoms with Gasteiger partial charge in [-0.2, -0.15) is 0 Å². The lowest BCUT2D eigenvalue weighted by molar-refractivity contribution is 0.415. The van der Waals surface area contributed by atoms with E-state index < -0.39 is 0 Å². The first-order valence-electron chi connectivity index (χ1n) is 7.55. The number of hydrogen-bond acceptors (Lipinski definition) is 2. The van der Waals surface area contributed by atoms with Crippen LogP contribution in [0.2, 0.25) is 0 Å². The van der Waals surface area contributed by atoms with E-state index in [1.54, 1.807) is 13.2 Å². The van der Waals surface area contributed by atoms with E-state index in [1.807, 2.05) is 48.5 Å². The van der Waals surface area contributed by atoms with Gasteiger partial charge in [-0.05, 0) is 63.0 Å². The molecule has 0 aliphatic rings. The predicted octanol–water partition coefficient (Wildman–Crippen LogP) is 5.37. The number of aromatic hydroxyl groups is 1. The van der Waals surface area contributed by atoms with Crippen molar-refractivity contribution in [1.82, 2.24) is 0 Å². The molecule has 0 saturated carbocycles. The van der Waals surface area contributed by atoms with Gasteiger partial charge in [0.1, 0.15) is 11.5 Å². The molecule has 0 aliphatic carbocycles. The molecule has 0 radical (unpaired) electrons. The fraction of sp³-hybridized carbons (Fsp3) is 0.0476. The van der Waals surface area contributed by atoms with Crippen molar-refractivity contribution in [3.63, 3.8) is 0 Å². The third-order valence-electron chi connectivity index (χ3n) is 4.25. The van der Waals surface area contributed by atoms with Crippen LogP contribution >= 0.6 is 0 Å². The molecule has 0 aromatic heterocycles. The van der Waals surface area contributed by atoms with Gasteiger partial charge in [0, 0.05) is 0 Å². The van der Waals surface area contributed by atoms with Gasteiger partial charge in [0.15, 0.2) is 0 Å². The van der Waals surface area contributed by atoms with Crippen LogP contribution in [0.1, 0.15) is 0 Å². The Bertz CT molecular complexity index is 1000. The Kier molecular flexibility index (Phi) is 3.16. The molecule has 0 spiro atoms. The number of benzene rings is 4. The maximum atomic E-state index is 9.94. The van der Waals surface area contributed by atoms with Gasteiger partial charge in [-0.1, -0.05) is 42.5 Å². The van der Waals surface area contributed by atoms with Crippen molar-refractivity contribution in [2.45, 2.75) is 0 Å². The highest BCUT2D eigenvalue weighted by Gasteiger charge is 2.09. The Balaban J connectivity index is 2.08. The molecule has 0 heterocycles. The van der Waals surface area contributed by atoms with Gasteiger partial charge < -0.3 is 9.84 Å². The smallest absolute Gasteiger partial charge is 0.118 e. The summed E-state index contributed by atoms with van der Waals surface area (Å²) >= 11 is 0. The zero-order valence-corrected chi connectivity index (χ0v) is 12.8. The number of methoxy groups -OCH3 is 1. The maximum absolute atomic E-state index is 9.94. The van der Waals surface area contributed by atoms with Crippen LogP contribution in [0, 0.1) is 0 Å². The Morgan fingerprint density at radius 1 is 0.739 bits per heavy atom. The minimum Gasteiger partial charge on any atom is -0.508 e. The van der Waals surface area contributed by atoms with Crippen LogP contribution in [-0.4, -0.2) is 12.2 Å². The lowest BCUT2D eigenvalue weighted by atomic mass is 9.93. The Morgan fingerprint density at radius 2 is 1.52 bits per heavy atom. The van der Waals surface area contributed by atoms with Crippen molar-refractivity contribution in [1.29, 1.82) is 0 Å². The second kappa shape index (κ2) is 5.33. The summed E-state index contributed by atoms with van der Waals surface area (Å²) < 4.78 is 5.24. The summed E-state index contributed by atoms with van der Waals surface area (Å²) in [6.07, 6.45) is 0. The lowest BCUT2D eigenvalue weighted by Gasteiger charge is -2.12. The Morgan fingerprint density at radius 3 is 2.30 bits per heavy atom. The molecule has 0 saturated heterocycles. The van der Waals surface area contributed by atoms with Crippen molar-refractivity contribution in [2.75, 3.05) is 7.11 Å². The van der Waals surface area contributed by atoms with Gasteiger partial charge in [0.25, 0.3) is 0 Å². The highest BCUT2D eigenvalue weighted by atomic mass is 16.5. The Hall–Kier alpha value is -3.00. The van der Waals surface area contributed by atoms with Crippen LogP contribution in [0.15, 0.2) is 72.8 Å². The average molecular weight is 300 g/mol. The third kappa shape index (κ3) is 2.29. The third-order valence-corrected chi connectivity index (χ3v) is 4.25. The quantitative estimate of drug-likeness (QED) is 0.504. The minimum absolute atomic E-state index is 0.280. The summed E-state index contributed by atoms with van der Waals surface area (Å²) in [7, 11) is 1.67. The van der Waals surface area contributed by atoms with Gasteiger partial charge >= 0.3 is 0 Å². The fourth-order valence-electron chi connectivity index (χ4n) is 3.10. The van der Waals surface area contributed by atoms with Crippen molar-refractivity contribution >= 4 is 21.5 Å². The average Bonchev–Trinajstić information content (AvgIpc) is 2.61.